The first-order chi connectivity index (χ1) is 12.2. The van der Waals surface area contributed by atoms with Crippen molar-refractivity contribution in [3.8, 4) is 5.75 Å². The smallest absolute Gasteiger partial charge is 0.228 e. The van der Waals surface area contributed by atoms with Crippen LogP contribution in [0.25, 0.3) is 0 Å². The number of amides is 1. The minimum Gasteiger partial charge on any atom is -0.495 e. The van der Waals surface area contributed by atoms with Gasteiger partial charge in [0.1, 0.15) is 11.6 Å². The Labute approximate surface area is 147 Å². The number of hydrogen-bond donors (Lipinski definition) is 2. The summed E-state index contributed by atoms with van der Waals surface area (Å²) in [5.41, 5.74) is 2.84. The Balaban J connectivity index is 1.64. The number of rotatable bonds is 5. The van der Waals surface area contributed by atoms with E-state index in [-0.39, 0.29) is 11.8 Å². The molecule has 6 heteroatoms. The van der Waals surface area contributed by atoms with Gasteiger partial charge in [-0.15, -0.1) is 0 Å². The summed E-state index contributed by atoms with van der Waals surface area (Å²) in [4.78, 5) is 16.5. The van der Waals surface area contributed by atoms with E-state index in [0.717, 1.165) is 35.5 Å². The first-order valence-corrected chi connectivity index (χ1v) is 8.42. The van der Waals surface area contributed by atoms with Crippen molar-refractivity contribution in [3.05, 3.63) is 42.1 Å². The van der Waals surface area contributed by atoms with Gasteiger partial charge in [0, 0.05) is 19.1 Å². The molecule has 1 amide bonds. The van der Waals surface area contributed by atoms with Gasteiger partial charge in [0.05, 0.1) is 24.7 Å². The molecule has 0 saturated carbocycles. The van der Waals surface area contributed by atoms with Crippen molar-refractivity contribution in [2.45, 2.75) is 19.8 Å². The molecular formula is C19H23N3O3. The van der Waals surface area contributed by atoms with Gasteiger partial charge < -0.3 is 20.1 Å². The van der Waals surface area contributed by atoms with Crippen molar-refractivity contribution in [2.24, 2.45) is 5.92 Å². The van der Waals surface area contributed by atoms with Crippen LogP contribution < -0.4 is 15.4 Å². The molecule has 1 aliphatic heterocycles. The zero-order chi connectivity index (χ0) is 17.6. The summed E-state index contributed by atoms with van der Waals surface area (Å²) < 4.78 is 10.7. The van der Waals surface area contributed by atoms with Gasteiger partial charge in [0.15, 0.2) is 0 Å². The molecule has 1 saturated heterocycles. The summed E-state index contributed by atoms with van der Waals surface area (Å²) in [6.07, 6.45) is 3.22. The second-order valence-corrected chi connectivity index (χ2v) is 6.14. The van der Waals surface area contributed by atoms with Crippen LogP contribution in [0, 0.1) is 12.8 Å². The van der Waals surface area contributed by atoms with Crippen LogP contribution in [-0.4, -0.2) is 31.2 Å². The molecule has 25 heavy (non-hydrogen) atoms. The zero-order valence-corrected chi connectivity index (χ0v) is 14.5. The molecule has 132 valence electrons. The fourth-order valence-electron chi connectivity index (χ4n) is 2.80. The molecule has 0 spiro atoms. The van der Waals surface area contributed by atoms with Crippen molar-refractivity contribution >= 4 is 23.1 Å². The van der Waals surface area contributed by atoms with Gasteiger partial charge in [-0.3, -0.25) is 4.79 Å². The minimum absolute atomic E-state index is 0.00454. The lowest BCUT2D eigenvalue weighted by molar-refractivity contribution is -0.122. The largest absolute Gasteiger partial charge is 0.495 e. The molecule has 0 radical (unpaired) electrons. The second kappa shape index (κ2) is 7.98. The number of methoxy groups -OCH3 is 1. The summed E-state index contributed by atoms with van der Waals surface area (Å²) in [6, 6.07) is 9.61. The summed E-state index contributed by atoms with van der Waals surface area (Å²) in [7, 11) is 1.64. The quantitative estimate of drug-likeness (QED) is 0.871. The Morgan fingerprint density at radius 2 is 2.04 bits per heavy atom. The molecule has 6 nitrogen and oxygen atoms in total. The van der Waals surface area contributed by atoms with Crippen LogP contribution in [-0.2, 0) is 9.53 Å². The minimum atomic E-state index is 0.00454. The van der Waals surface area contributed by atoms with Gasteiger partial charge in [0.2, 0.25) is 5.91 Å². The van der Waals surface area contributed by atoms with Crippen LogP contribution >= 0.6 is 0 Å². The summed E-state index contributed by atoms with van der Waals surface area (Å²) in [6.45, 7) is 3.32. The Kier molecular flexibility index (Phi) is 5.50. The summed E-state index contributed by atoms with van der Waals surface area (Å²) in [5.74, 6) is 1.34. The standard InChI is InChI=1S/C19H23N3O3/c1-13-3-5-17(24-2)16(11-13)21-15-4-6-18(20-12-15)22-19(23)14-7-9-25-10-8-14/h3-6,11-12,14,21H,7-10H2,1-2H3,(H,20,22,23). The van der Waals surface area contributed by atoms with Crippen molar-refractivity contribution in [2.75, 3.05) is 31.0 Å². The van der Waals surface area contributed by atoms with Crippen LogP contribution in [0.1, 0.15) is 18.4 Å². The first-order valence-electron chi connectivity index (χ1n) is 8.42. The van der Waals surface area contributed by atoms with E-state index in [9.17, 15) is 4.79 Å². The predicted molar refractivity (Wildman–Crippen MR) is 97.4 cm³/mol. The maximum Gasteiger partial charge on any atom is 0.228 e. The third kappa shape index (κ3) is 4.48. The van der Waals surface area contributed by atoms with Crippen LogP contribution in [0.15, 0.2) is 36.5 Å². The Bertz CT molecular complexity index is 725. The number of nitrogens with one attached hydrogen (secondary N) is 2. The summed E-state index contributed by atoms with van der Waals surface area (Å²) in [5, 5.41) is 6.17. The monoisotopic (exact) mass is 341 g/mol. The Morgan fingerprint density at radius 3 is 2.72 bits per heavy atom. The number of aromatic nitrogens is 1. The zero-order valence-electron chi connectivity index (χ0n) is 14.5. The molecule has 0 atom stereocenters. The molecule has 2 aromatic rings. The Morgan fingerprint density at radius 1 is 1.24 bits per heavy atom. The highest BCUT2D eigenvalue weighted by molar-refractivity contribution is 5.91. The predicted octanol–water partition coefficient (Wildman–Crippen LogP) is 3.51. The molecular weight excluding hydrogens is 318 g/mol. The van der Waals surface area contributed by atoms with Gasteiger partial charge in [0.25, 0.3) is 0 Å². The van der Waals surface area contributed by atoms with Crippen molar-refractivity contribution in [1.82, 2.24) is 4.98 Å². The molecule has 3 rings (SSSR count). The normalized spacial score (nSPS) is 14.8. The fourth-order valence-corrected chi connectivity index (χ4v) is 2.80. The van der Waals surface area contributed by atoms with E-state index in [0.29, 0.717) is 19.0 Å². The third-order valence-electron chi connectivity index (χ3n) is 4.24. The maximum absolute atomic E-state index is 12.2. The van der Waals surface area contributed by atoms with Crippen LogP contribution in [0.4, 0.5) is 17.2 Å². The van der Waals surface area contributed by atoms with Gasteiger partial charge in [-0.1, -0.05) is 6.07 Å². The van der Waals surface area contributed by atoms with E-state index in [1.54, 1.807) is 19.4 Å². The number of nitrogens with zero attached hydrogens (tertiary/aromatic N) is 1. The van der Waals surface area contributed by atoms with Gasteiger partial charge in [-0.2, -0.15) is 0 Å². The molecule has 0 bridgehead atoms. The SMILES string of the molecule is COc1ccc(C)cc1Nc1ccc(NC(=O)C2CCOCC2)nc1. The third-order valence-corrected chi connectivity index (χ3v) is 4.24. The van der Waals surface area contributed by atoms with Crippen LogP contribution in [0.3, 0.4) is 0 Å². The first kappa shape index (κ1) is 17.2. The van der Waals surface area contributed by atoms with E-state index < -0.39 is 0 Å². The molecule has 0 aliphatic carbocycles. The lowest BCUT2D eigenvalue weighted by Crippen LogP contribution is -2.28. The number of carbonyl (C=O) groups excluding carboxylic acids is 1. The number of hydrogen-bond acceptors (Lipinski definition) is 5. The number of ether oxygens (including phenoxy) is 2. The maximum atomic E-state index is 12.2. The molecule has 1 aromatic heterocycles. The fraction of sp³-hybridized carbons (Fsp3) is 0.368. The average molecular weight is 341 g/mol. The van der Waals surface area contributed by atoms with E-state index in [1.807, 2.05) is 31.2 Å². The van der Waals surface area contributed by atoms with E-state index in [1.165, 1.54) is 0 Å². The average Bonchev–Trinajstić information content (AvgIpc) is 2.64. The summed E-state index contributed by atoms with van der Waals surface area (Å²) >= 11 is 0. The molecule has 1 fully saturated rings. The molecule has 2 N–H and O–H groups in total. The highest BCUT2D eigenvalue weighted by Gasteiger charge is 2.21. The van der Waals surface area contributed by atoms with Crippen LogP contribution in [0.5, 0.6) is 5.75 Å². The molecule has 0 unspecified atom stereocenters. The van der Waals surface area contributed by atoms with Crippen LogP contribution in [0.2, 0.25) is 0 Å². The number of anilines is 3. The second-order valence-electron chi connectivity index (χ2n) is 6.14. The number of carbonyl (C=O) groups is 1. The number of benzene rings is 1. The van der Waals surface area contributed by atoms with Gasteiger partial charge >= 0.3 is 0 Å². The molecule has 2 heterocycles. The van der Waals surface area contributed by atoms with Crippen molar-refractivity contribution in [3.63, 3.8) is 0 Å². The molecule has 1 aliphatic rings. The van der Waals surface area contributed by atoms with E-state index in [4.69, 9.17) is 9.47 Å². The highest BCUT2D eigenvalue weighted by Crippen LogP contribution is 2.28. The lowest BCUT2D eigenvalue weighted by Gasteiger charge is -2.21. The van der Waals surface area contributed by atoms with E-state index >= 15 is 0 Å². The lowest BCUT2D eigenvalue weighted by atomic mass is 9.99. The number of pyridine rings is 1. The van der Waals surface area contributed by atoms with Gasteiger partial charge in [-0.05, 0) is 49.6 Å². The van der Waals surface area contributed by atoms with Gasteiger partial charge in [-0.25, -0.2) is 4.98 Å². The molecule has 1 aromatic carbocycles. The Hall–Kier alpha value is -2.60. The highest BCUT2D eigenvalue weighted by atomic mass is 16.5. The van der Waals surface area contributed by atoms with Crippen molar-refractivity contribution < 1.29 is 14.3 Å². The van der Waals surface area contributed by atoms with E-state index in [2.05, 4.69) is 15.6 Å². The topological polar surface area (TPSA) is 72.5 Å². The number of aryl methyl sites for hydroxylation is 1. The van der Waals surface area contributed by atoms with Crippen molar-refractivity contribution in [1.29, 1.82) is 0 Å².